The number of ether oxygens (including phenoxy) is 1. The van der Waals surface area contributed by atoms with Crippen LogP contribution in [0, 0.1) is 6.92 Å². The first kappa shape index (κ1) is 18.4. The van der Waals surface area contributed by atoms with Gasteiger partial charge in [-0.15, -0.1) is 0 Å². The van der Waals surface area contributed by atoms with E-state index < -0.39 is 0 Å². The number of hydrogen-bond donors (Lipinski definition) is 1. The molecular weight excluding hydrogens is 296 g/mol. The van der Waals surface area contributed by atoms with Crippen molar-refractivity contribution in [1.29, 1.82) is 0 Å². The van der Waals surface area contributed by atoms with Gasteiger partial charge in [-0.25, -0.2) is 0 Å². The van der Waals surface area contributed by atoms with E-state index in [1.165, 1.54) is 11.1 Å². The Labute approximate surface area is 138 Å². The Kier molecular flexibility index (Phi) is 7.32. The van der Waals surface area contributed by atoms with Gasteiger partial charge in [0.2, 0.25) is 0 Å². The largest absolute Gasteiger partial charge is 0.484 e. The summed E-state index contributed by atoms with van der Waals surface area (Å²) in [5.74, 6) is 0.942. The molecule has 0 aliphatic rings. The summed E-state index contributed by atoms with van der Waals surface area (Å²) in [4.78, 5) is 13.8. The molecule has 1 aromatic carbocycles. The van der Waals surface area contributed by atoms with E-state index in [9.17, 15) is 4.79 Å². The molecule has 5 heteroatoms. The summed E-state index contributed by atoms with van der Waals surface area (Å²) < 4.78 is 5.54. The molecule has 0 spiro atoms. The van der Waals surface area contributed by atoms with Crippen molar-refractivity contribution in [1.82, 2.24) is 10.2 Å². The van der Waals surface area contributed by atoms with Crippen LogP contribution < -0.4 is 10.1 Å². The normalized spacial score (nSPS) is 10.5. The average Bonchev–Trinajstić information content (AvgIpc) is 2.46. The molecule has 0 aliphatic heterocycles. The van der Waals surface area contributed by atoms with E-state index in [0.29, 0.717) is 16.8 Å². The molecule has 22 heavy (non-hydrogen) atoms. The van der Waals surface area contributed by atoms with Gasteiger partial charge in [0, 0.05) is 13.1 Å². The summed E-state index contributed by atoms with van der Waals surface area (Å²) in [5.41, 5.74) is 2.46. The summed E-state index contributed by atoms with van der Waals surface area (Å²) in [6, 6.07) is 5.91. The fourth-order valence-electron chi connectivity index (χ4n) is 2.28. The van der Waals surface area contributed by atoms with E-state index in [1.807, 2.05) is 36.9 Å². The monoisotopic (exact) mass is 322 g/mol. The molecule has 0 aromatic heterocycles. The maximum atomic E-state index is 11.9. The standard InChI is InChI=1S/C17H26N2O2S/c1-6-19(7-2)17(22)18-16(20)11-21-14-8-9-15(12(3)4)13(5)10-14/h8-10,12H,6-7,11H2,1-5H3,(H,18,20,22). The Bertz CT molecular complexity index is 525. The van der Waals surface area contributed by atoms with Gasteiger partial charge >= 0.3 is 0 Å². The Morgan fingerprint density at radius 2 is 1.95 bits per heavy atom. The molecule has 1 amide bonds. The van der Waals surface area contributed by atoms with Crippen molar-refractivity contribution in [2.24, 2.45) is 0 Å². The second-order valence-electron chi connectivity index (χ2n) is 5.49. The van der Waals surface area contributed by atoms with Gasteiger partial charge in [-0.3, -0.25) is 4.79 Å². The molecule has 0 atom stereocenters. The summed E-state index contributed by atoms with van der Waals surface area (Å²) in [7, 11) is 0. The van der Waals surface area contributed by atoms with Gasteiger partial charge in [0.05, 0.1) is 0 Å². The first-order chi connectivity index (χ1) is 10.4. The van der Waals surface area contributed by atoms with Crippen LogP contribution in [-0.4, -0.2) is 35.6 Å². The highest BCUT2D eigenvalue weighted by molar-refractivity contribution is 7.80. The Morgan fingerprint density at radius 1 is 1.32 bits per heavy atom. The van der Waals surface area contributed by atoms with Crippen LogP contribution in [0.5, 0.6) is 5.75 Å². The van der Waals surface area contributed by atoms with Crippen molar-refractivity contribution in [3.63, 3.8) is 0 Å². The lowest BCUT2D eigenvalue weighted by Gasteiger charge is -2.21. The van der Waals surface area contributed by atoms with Crippen molar-refractivity contribution in [2.45, 2.75) is 40.5 Å². The van der Waals surface area contributed by atoms with E-state index in [4.69, 9.17) is 17.0 Å². The van der Waals surface area contributed by atoms with Crippen LogP contribution >= 0.6 is 12.2 Å². The number of rotatable bonds is 6. The van der Waals surface area contributed by atoms with Gasteiger partial charge in [-0.2, -0.15) is 0 Å². The molecule has 0 unspecified atom stereocenters. The second kappa shape index (κ2) is 8.73. The molecule has 0 fully saturated rings. The number of benzene rings is 1. The molecular formula is C17H26N2O2S. The molecule has 1 N–H and O–H groups in total. The maximum Gasteiger partial charge on any atom is 0.264 e. The zero-order valence-corrected chi connectivity index (χ0v) is 14.9. The van der Waals surface area contributed by atoms with E-state index in [0.717, 1.165) is 13.1 Å². The van der Waals surface area contributed by atoms with Gasteiger partial charge in [0.25, 0.3) is 5.91 Å². The molecule has 0 bridgehead atoms. The lowest BCUT2D eigenvalue weighted by Crippen LogP contribution is -2.44. The third-order valence-corrected chi connectivity index (χ3v) is 3.89. The van der Waals surface area contributed by atoms with E-state index in [1.54, 1.807) is 0 Å². The molecule has 0 radical (unpaired) electrons. The van der Waals surface area contributed by atoms with Gasteiger partial charge in [0.15, 0.2) is 11.7 Å². The zero-order chi connectivity index (χ0) is 16.7. The Balaban J connectivity index is 2.54. The number of hydrogen-bond acceptors (Lipinski definition) is 3. The number of amides is 1. The molecule has 122 valence electrons. The Morgan fingerprint density at radius 3 is 2.45 bits per heavy atom. The smallest absolute Gasteiger partial charge is 0.264 e. The highest BCUT2D eigenvalue weighted by Gasteiger charge is 2.11. The van der Waals surface area contributed by atoms with Gasteiger partial charge in [-0.1, -0.05) is 19.9 Å². The molecule has 0 saturated heterocycles. The number of nitrogens with one attached hydrogen (secondary N) is 1. The third kappa shape index (κ3) is 5.30. The minimum absolute atomic E-state index is 0.0398. The summed E-state index contributed by atoms with van der Waals surface area (Å²) >= 11 is 5.19. The van der Waals surface area contributed by atoms with Crippen molar-refractivity contribution in [2.75, 3.05) is 19.7 Å². The Hall–Kier alpha value is -1.62. The molecule has 4 nitrogen and oxygen atoms in total. The summed E-state index contributed by atoms with van der Waals surface area (Å²) in [5, 5.41) is 3.14. The maximum absolute atomic E-state index is 11.9. The van der Waals surface area contributed by atoms with Gasteiger partial charge in [0.1, 0.15) is 5.75 Å². The molecule has 1 aromatic rings. The van der Waals surface area contributed by atoms with Crippen LogP contribution in [0.2, 0.25) is 0 Å². The predicted molar refractivity (Wildman–Crippen MR) is 94.4 cm³/mol. The average molecular weight is 322 g/mol. The van der Waals surface area contributed by atoms with Gasteiger partial charge in [-0.05, 0) is 62.2 Å². The van der Waals surface area contributed by atoms with Crippen molar-refractivity contribution >= 4 is 23.2 Å². The lowest BCUT2D eigenvalue weighted by atomic mass is 9.98. The SMILES string of the molecule is CCN(CC)C(=S)NC(=O)COc1ccc(C(C)C)c(C)c1. The minimum Gasteiger partial charge on any atom is -0.484 e. The number of aryl methyl sites for hydroxylation is 1. The third-order valence-electron chi connectivity index (χ3n) is 3.53. The van der Waals surface area contributed by atoms with Crippen LogP contribution in [0.1, 0.15) is 44.7 Å². The van der Waals surface area contributed by atoms with Crippen molar-refractivity contribution in [3.8, 4) is 5.75 Å². The van der Waals surface area contributed by atoms with Crippen LogP contribution in [0.4, 0.5) is 0 Å². The predicted octanol–water partition coefficient (Wildman–Crippen LogP) is 3.24. The van der Waals surface area contributed by atoms with E-state index in [-0.39, 0.29) is 12.5 Å². The van der Waals surface area contributed by atoms with E-state index in [2.05, 4.69) is 26.1 Å². The minimum atomic E-state index is -0.234. The van der Waals surface area contributed by atoms with Crippen LogP contribution in [0.15, 0.2) is 18.2 Å². The van der Waals surface area contributed by atoms with Crippen molar-refractivity contribution < 1.29 is 9.53 Å². The number of carbonyl (C=O) groups excluding carboxylic acids is 1. The van der Waals surface area contributed by atoms with Gasteiger partial charge < -0.3 is 15.0 Å². The first-order valence-corrected chi connectivity index (χ1v) is 8.11. The summed E-state index contributed by atoms with van der Waals surface area (Å²) in [6.07, 6.45) is 0. The highest BCUT2D eigenvalue weighted by atomic mass is 32.1. The molecule has 0 aliphatic carbocycles. The number of nitrogens with zero attached hydrogens (tertiary/aromatic N) is 1. The van der Waals surface area contributed by atoms with Crippen LogP contribution in [-0.2, 0) is 4.79 Å². The van der Waals surface area contributed by atoms with E-state index >= 15 is 0 Å². The van der Waals surface area contributed by atoms with Crippen LogP contribution in [0.25, 0.3) is 0 Å². The lowest BCUT2D eigenvalue weighted by molar-refractivity contribution is -0.121. The van der Waals surface area contributed by atoms with Crippen LogP contribution in [0.3, 0.4) is 0 Å². The number of thiocarbonyl (C=S) groups is 1. The highest BCUT2D eigenvalue weighted by Crippen LogP contribution is 2.23. The fourth-order valence-corrected chi connectivity index (χ4v) is 2.65. The zero-order valence-electron chi connectivity index (χ0n) is 14.1. The fraction of sp³-hybridized carbons (Fsp3) is 0.529. The molecule has 0 heterocycles. The topological polar surface area (TPSA) is 41.6 Å². The summed E-state index contributed by atoms with van der Waals surface area (Å²) in [6.45, 7) is 11.9. The second-order valence-corrected chi connectivity index (χ2v) is 5.87. The molecule has 1 rings (SSSR count). The molecule has 0 saturated carbocycles. The quantitative estimate of drug-likeness (QED) is 0.817. The number of carbonyl (C=O) groups is 1. The van der Waals surface area contributed by atoms with Crippen molar-refractivity contribution in [3.05, 3.63) is 29.3 Å². The first-order valence-electron chi connectivity index (χ1n) is 7.71.